The molecule has 0 radical (unpaired) electrons. The van der Waals surface area contributed by atoms with Crippen molar-refractivity contribution in [3.05, 3.63) is 0 Å². The third-order valence-corrected chi connectivity index (χ3v) is 3.01. The van der Waals surface area contributed by atoms with E-state index in [1.165, 1.54) is 19.4 Å². The normalized spacial score (nSPS) is 29.8. The van der Waals surface area contributed by atoms with E-state index in [1.54, 1.807) is 0 Å². The maximum Gasteiger partial charge on any atom is 0.0746 e. The van der Waals surface area contributed by atoms with Crippen molar-refractivity contribution in [2.75, 3.05) is 19.6 Å². The molecule has 1 aliphatic rings. The number of nitrogens with zero attached hydrogens (tertiary/aromatic N) is 1. The van der Waals surface area contributed by atoms with Gasteiger partial charge in [-0.3, -0.25) is 0 Å². The van der Waals surface area contributed by atoms with E-state index in [9.17, 15) is 5.11 Å². The van der Waals surface area contributed by atoms with Crippen molar-refractivity contribution >= 4 is 0 Å². The van der Waals surface area contributed by atoms with Gasteiger partial charge in [0, 0.05) is 6.54 Å². The number of aliphatic hydroxyl groups is 1. The summed E-state index contributed by atoms with van der Waals surface area (Å²) in [6.07, 6.45) is 4.69. The van der Waals surface area contributed by atoms with Crippen LogP contribution in [0.15, 0.2) is 0 Å². The first-order valence-electron chi connectivity index (χ1n) is 5.94. The summed E-state index contributed by atoms with van der Waals surface area (Å²) in [5.41, 5.74) is -0.434. The average Bonchev–Trinajstić information content (AvgIpc) is 2.01. The first-order valence-corrected chi connectivity index (χ1v) is 5.94. The third-order valence-electron chi connectivity index (χ3n) is 3.01. The quantitative estimate of drug-likeness (QED) is 0.751. The summed E-state index contributed by atoms with van der Waals surface area (Å²) < 4.78 is 0. The Morgan fingerprint density at radius 1 is 1.43 bits per heavy atom. The lowest BCUT2D eigenvalue weighted by atomic mass is 9.95. The number of likely N-dealkylation sites (tertiary alicyclic amines) is 1. The SMILES string of the molecule is CC(C)CCCN1CCCC(C)(O)C1. The second kappa shape index (κ2) is 5.13. The summed E-state index contributed by atoms with van der Waals surface area (Å²) >= 11 is 0. The van der Waals surface area contributed by atoms with Crippen molar-refractivity contribution < 1.29 is 5.11 Å². The van der Waals surface area contributed by atoms with Gasteiger partial charge in [0.2, 0.25) is 0 Å². The van der Waals surface area contributed by atoms with Gasteiger partial charge >= 0.3 is 0 Å². The van der Waals surface area contributed by atoms with Crippen LogP contribution in [0.25, 0.3) is 0 Å². The molecule has 2 nitrogen and oxygen atoms in total. The fraction of sp³-hybridized carbons (Fsp3) is 1.00. The van der Waals surface area contributed by atoms with E-state index in [2.05, 4.69) is 18.7 Å². The Labute approximate surface area is 88.3 Å². The zero-order valence-corrected chi connectivity index (χ0v) is 9.92. The number of hydrogen-bond acceptors (Lipinski definition) is 2. The van der Waals surface area contributed by atoms with Gasteiger partial charge in [-0.1, -0.05) is 13.8 Å². The fourth-order valence-electron chi connectivity index (χ4n) is 2.24. The summed E-state index contributed by atoms with van der Waals surface area (Å²) in [5.74, 6) is 0.806. The van der Waals surface area contributed by atoms with E-state index in [0.29, 0.717) is 0 Å². The molecule has 0 aromatic carbocycles. The second-order valence-corrected chi connectivity index (χ2v) is 5.41. The van der Waals surface area contributed by atoms with Gasteiger partial charge in [-0.15, -0.1) is 0 Å². The van der Waals surface area contributed by atoms with Crippen LogP contribution in [0.3, 0.4) is 0 Å². The molecule has 0 aromatic rings. The van der Waals surface area contributed by atoms with E-state index in [-0.39, 0.29) is 0 Å². The minimum atomic E-state index is -0.434. The van der Waals surface area contributed by atoms with E-state index < -0.39 is 5.60 Å². The van der Waals surface area contributed by atoms with E-state index in [0.717, 1.165) is 31.8 Å². The Balaban J connectivity index is 2.18. The minimum Gasteiger partial charge on any atom is -0.389 e. The topological polar surface area (TPSA) is 23.5 Å². The zero-order chi connectivity index (χ0) is 10.6. The van der Waals surface area contributed by atoms with Crippen LogP contribution in [-0.4, -0.2) is 35.2 Å². The lowest BCUT2D eigenvalue weighted by molar-refractivity contribution is -0.0159. The summed E-state index contributed by atoms with van der Waals surface area (Å²) in [6.45, 7) is 9.70. The molecule has 0 bridgehead atoms. The molecule has 1 unspecified atom stereocenters. The minimum absolute atomic E-state index is 0.434. The standard InChI is InChI=1S/C12H25NO/c1-11(2)6-4-8-13-9-5-7-12(3,14)10-13/h11,14H,4-10H2,1-3H3. The van der Waals surface area contributed by atoms with Crippen LogP contribution >= 0.6 is 0 Å². The van der Waals surface area contributed by atoms with Crippen molar-refractivity contribution in [1.29, 1.82) is 0 Å². The second-order valence-electron chi connectivity index (χ2n) is 5.41. The van der Waals surface area contributed by atoms with Gasteiger partial charge in [-0.2, -0.15) is 0 Å². The highest BCUT2D eigenvalue weighted by atomic mass is 16.3. The van der Waals surface area contributed by atoms with E-state index in [1.807, 2.05) is 6.92 Å². The van der Waals surface area contributed by atoms with Crippen LogP contribution in [-0.2, 0) is 0 Å². The number of piperidine rings is 1. The number of rotatable bonds is 4. The Morgan fingerprint density at radius 3 is 2.71 bits per heavy atom. The van der Waals surface area contributed by atoms with Crippen LogP contribution in [0.4, 0.5) is 0 Å². The van der Waals surface area contributed by atoms with Crippen molar-refractivity contribution in [2.45, 2.75) is 52.1 Å². The van der Waals surface area contributed by atoms with Crippen molar-refractivity contribution in [1.82, 2.24) is 4.90 Å². The van der Waals surface area contributed by atoms with Crippen molar-refractivity contribution in [2.24, 2.45) is 5.92 Å². The zero-order valence-electron chi connectivity index (χ0n) is 9.92. The van der Waals surface area contributed by atoms with Gasteiger partial charge in [0.1, 0.15) is 0 Å². The molecule has 0 aromatic heterocycles. The number of β-amino-alcohol motifs (C(OH)–C–C–N with tert-alkyl or cyclic N) is 1. The molecule has 0 saturated carbocycles. The summed E-state index contributed by atoms with van der Waals surface area (Å²) in [4.78, 5) is 2.41. The lowest BCUT2D eigenvalue weighted by Gasteiger charge is -2.36. The molecule has 1 N–H and O–H groups in total. The van der Waals surface area contributed by atoms with Gasteiger partial charge in [0.15, 0.2) is 0 Å². The highest BCUT2D eigenvalue weighted by Crippen LogP contribution is 2.20. The van der Waals surface area contributed by atoms with Gasteiger partial charge in [-0.05, 0) is 51.6 Å². The predicted molar refractivity (Wildman–Crippen MR) is 60.4 cm³/mol. The fourth-order valence-corrected chi connectivity index (χ4v) is 2.24. The first kappa shape index (κ1) is 12.0. The summed E-state index contributed by atoms with van der Waals surface area (Å²) in [6, 6.07) is 0. The summed E-state index contributed by atoms with van der Waals surface area (Å²) in [7, 11) is 0. The Hall–Kier alpha value is -0.0800. The molecule has 1 heterocycles. The molecule has 1 atom stereocenters. The molecular formula is C12H25NO. The van der Waals surface area contributed by atoms with Crippen molar-refractivity contribution in [3.63, 3.8) is 0 Å². The Bertz CT molecular complexity index is 166. The smallest absolute Gasteiger partial charge is 0.0746 e. The maximum atomic E-state index is 9.91. The lowest BCUT2D eigenvalue weighted by Crippen LogP contribution is -2.46. The van der Waals surface area contributed by atoms with Crippen LogP contribution < -0.4 is 0 Å². The molecule has 14 heavy (non-hydrogen) atoms. The third kappa shape index (κ3) is 4.43. The van der Waals surface area contributed by atoms with Crippen LogP contribution in [0.1, 0.15) is 46.5 Å². The molecule has 84 valence electrons. The summed E-state index contributed by atoms with van der Waals surface area (Å²) in [5, 5.41) is 9.91. The molecule has 1 saturated heterocycles. The molecule has 2 heteroatoms. The van der Waals surface area contributed by atoms with Gasteiger partial charge in [0.05, 0.1) is 5.60 Å². The van der Waals surface area contributed by atoms with Gasteiger partial charge < -0.3 is 10.0 Å². The molecular weight excluding hydrogens is 174 g/mol. The number of hydrogen-bond donors (Lipinski definition) is 1. The predicted octanol–water partition coefficient (Wildman–Crippen LogP) is 2.27. The largest absolute Gasteiger partial charge is 0.389 e. The Morgan fingerprint density at radius 2 is 2.14 bits per heavy atom. The van der Waals surface area contributed by atoms with E-state index in [4.69, 9.17) is 0 Å². The highest BCUT2D eigenvalue weighted by molar-refractivity contribution is 4.82. The molecule has 1 rings (SSSR count). The van der Waals surface area contributed by atoms with E-state index >= 15 is 0 Å². The molecule has 1 aliphatic heterocycles. The highest BCUT2D eigenvalue weighted by Gasteiger charge is 2.27. The monoisotopic (exact) mass is 199 g/mol. The first-order chi connectivity index (χ1) is 6.49. The Kier molecular flexibility index (Phi) is 4.39. The average molecular weight is 199 g/mol. The molecule has 0 amide bonds. The van der Waals surface area contributed by atoms with Crippen molar-refractivity contribution in [3.8, 4) is 0 Å². The molecule has 1 fully saturated rings. The van der Waals surface area contributed by atoms with Crippen LogP contribution in [0.2, 0.25) is 0 Å². The molecule has 0 aliphatic carbocycles. The van der Waals surface area contributed by atoms with Gasteiger partial charge in [0.25, 0.3) is 0 Å². The maximum absolute atomic E-state index is 9.91. The van der Waals surface area contributed by atoms with Crippen LogP contribution in [0, 0.1) is 5.92 Å². The molecule has 0 spiro atoms. The van der Waals surface area contributed by atoms with Crippen LogP contribution in [0.5, 0.6) is 0 Å². The van der Waals surface area contributed by atoms with Gasteiger partial charge in [-0.25, -0.2) is 0 Å².